The number of nitrogens with zero attached hydrogens (tertiary/aromatic N) is 3. The molecule has 1 N–H and O–H groups in total. The monoisotopic (exact) mass is 500 g/mol. The lowest BCUT2D eigenvalue weighted by molar-refractivity contribution is -0.140. The van der Waals surface area contributed by atoms with Crippen LogP contribution in [0.2, 0.25) is 0 Å². The number of nitrogens with one attached hydrogen (secondary N) is 1. The van der Waals surface area contributed by atoms with Crippen LogP contribution < -0.4 is 15.6 Å². The summed E-state index contributed by atoms with van der Waals surface area (Å²) in [6.07, 6.45) is -6.32. The number of rotatable bonds is 7. The maximum absolute atomic E-state index is 14.7. The van der Waals surface area contributed by atoms with Crippen LogP contribution in [-0.2, 0) is 11.7 Å². The van der Waals surface area contributed by atoms with Crippen molar-refractivity contribution in [2.45, 2.75) is 57.8 Å². The molecule has 4 rings (SSSR count). The fraction of sp³-hybridized carbons (Fsp3) is 0.435. The van der Waals surface area contributed by atoms with Crippen LogP contribution in [0.25, 0.3) is 10.9 Å². The molecule has 0 bridgehead atoms. The van der Waals surface area contributed by atoms with Gasteiger partial charge in [-0.2, -0.15) is 13.2 Å². The Bertz CT molecular complexity index is 1330. The first-order valence-electron chi connectivity index (χ1n) is 10.9. The van der Waals surface area contributed by atoms with Gasteiger partial charge in [-0.05, 0) is 39.7 Å². The highest BCUT2D eigenvalue weighted by molar-refractivity contribution is 5.92. The van der Waals surface area contributed by atoms with Crippen LogP contribution in [0.1, 0.15) is 49.7 Å². The van der Waals surface area contributed by atoms with E-state index in [9.17, 15) is 31.1 Å². The van der Waals surface area contributed by atoms with Crippen LogP contribution in [0.15, 0.2) is 29.2 Å². The minimum absolute atomic E-state index is 0.0385. The summed E-state index contributed by atoms with van der Waals surface area (Å²) in [5.74, 6) is -1.44. The minimum atomic E-state index is -4.88. The van der Waals surface area contributed by atoms with Crippen molar-refractivity contribution in [2.24, 2.45) is 0 Å². The van der Waals surface area contributed by atoms with Crippen molar-refractivity contribution in [3.05, 3.63) is 57.5 Å². The third kappa shape index (κ3) is 4.30. The molecule has 2 heterocycles. The Hall–Kier alpha value is -3.31. The van der Waals surface area contributed by atoms with Crippen molar-refractivity contribution in [1.82, 2.24) is 14.5 Å². The third-order valence-corrected chi connectivity index (χ3v) is 6.03. The summed E-state index contributed by atoms with van der Waals surface area (Å²) in [5, 5.41) is 3.01. The smallest absolute Gasteiger partial charge is 0.419 e. The fourth-order valence-corrected chi connectivity index (χ4v) is 4.07. The molecule has 0 spiro atoms. The topological polar surface area (TPSA) is 69.0 Å². The van der Waals surface area contributed by atoms with E-state index >= 15 is 0 Å². The highest BCUT2D eigenvalue weighted by atomic mass is 19.4. The number of ether oxygens (including phenoxy) is 1. The Kier molecular flexibility index (Phi) is 6.18. The number of anilines is 1. The first kappa shape index (κ1) is 24.8. The van der Waals surface area contributed by atoms with Gasteiger partial charge in [0, 0.05) is 11.8 Å². The molecule has 6 nitrogen and oxygen atoms in total. The number of hydrogen-bond donors (Lipinski definition) is 1. The highest BCUT2D eigenvalue weighted by Gasteiger charge is 2.54. The first-order chi connectivity index (χ1) is 16.4. The number of fused-ring (bicyclic) bond motifs is 1. The number of alkyl halides is 5. The molecule has 12 heteroatoms. The Balaban J connectivity index is 1.88. The molecule has 1 atom stereocenters. The van der Waals surface area contributed by atoms with Gasteiger partial charge in [-0.3, -0.25) is 9.36 Å². The second-order valence-electron chi connectivity index (χ2n) is 8.42. The van der Waals surface area contributed by atoms with E-state index in [2.05, 4.69) is 15.3 Å². The Morgan fingerprint density at radius 3 is 2.49 bits per heavy atom. The van der Waals surface area contributed by atoms with Crippen LogP contribution >= 0.6 is 0 Å². The van der Waals surface area contributed by atoms with Crippen molar-refractivity contribution in [3.8, 4) is 5.75 Å². The van der Waals surface area contributed by atoms with E-state index in [1.165, 1.54) is 26.1 Å². The molecule has 1 aliphatic rings. The lowest BCUT2D eigenvalue weighted by atomic mass is 10.0. The summed E-state index contributed by atoms with van der Waals surface area (Å²) in [4.78, 5) is 21.6. The summed E-state index contributed by atoms with van der Waals surface area (Å²) in [6, 6.07) is 1.93. The molecule has 1 saturated carbocycles. The molecular formula is C23H22F6N4O2. The van der Waals surface area contributed by atoms with Crippen LogP contribution in [0, 0.1) is 12.7 Å². The lowest BCUT2D eigenvalue weighted by Gasteiger charge is -2.22. The van der Waals surface area contributed by atoms with Gasteiger partial charge >= 0.3 is 6.18 Å². The van der Waals surface area contributed by atoms with Gasteiger partial charge in [0.15, 0.2) is 0 Å². The van der Waals surface area contributed by atoms with Crippen molar-refractivity contribution < 1.29 is 31.1 Å². The van der Waals surface area contributed by atoms with Crippen molar-refractivity contribution in [1.29, 1.82) is 0 Å². The number of pyridine rings is 1. The van der Waals surface area contributed by atoms with Gasteiger partial charge < -0.3 is 10.1 Å². The normalized spacial score (nSPS) is 15.9. The van der Waals surface area contributed by atoms with E-state index in [0.29, 0.717) is 6.07 Å². The molecule has 2 aromatic heterocycles. The molecule has 0 radical (unpaired) electrons. The van der Waals surface area contributed by atoms with Crippen molar-refractivity contribution in [2.75, 3.05) is 11.9 Å². The van der Waals surface area contributed by atoms with Crippen LogP contribution in [-0.4, -0.2) is 27.6 Å². The van der Waals surface area contributed by atoms with Crippen LogP contribution in [0.4, 0.5) is 32.2 Å². The van der Waals surface area contributed by atoms with Gasteiger partial charge in [0.05, 0.1) is 23.6 Å². The predicted octanol–water partition coefficient (Wildman–Crippen LogP) is 5.58. The summed E-state index contributed by atoms with van der Waals surface area (Å²) >= 11 is 0. The molecule has 0 unspecified atom stereocenters. The van der Waals surface area contributed by atoms with E-state index in [4.69, 9.17) is 4.74 Å². The molecule has 0 amide bonds. The Labute approximate surface area is 196 Å². The maximum atomic E-state index is 14.7. The molecule has 1 fully saturated rings. The van der Waals surface area contributed by atoms with E-state index in [0.717, 1.165) is 10.6 Å². The molecule has 1 aliphatic carbocycles. The minimum Gasteiger partial charge on any atom is -0.487 e. The van der Waals surface area contributed by atoms with Gasteiger partial charge in [0.25, 0.3) is 12.0 Å². The predicted molar refractivity (Wildman–Crippen MR) is 116 cm³/mol. The average molecular weight is 500 g/mol. The van der Waals surface area contributed by atoms with Gasteiger partial charge in [-0.15, -0.1) is 0 Å². The molecule has 3 aromatic rings. The van der Waals surface area contributed by atoms with Gasteiger partial charge in [0.2, 0.25) is 5.75 Å². The number of aromatic nitrogens is 3. The zero-order valence-corrected chi connectivity index (χ0v) is 19.0. The number of hydrogen-bond acceptors (Lipinski definition) is 5. The van der Waals surface area contributed by atoms with Gasteiger partial charge in [-0.1, -0.05) is 12.1 Å². The molecule has 0 saturated heterocycles. The Morgan fingerprint density at radius 1 is 1.23 bits per heavy atom. The first-order valence-corrected chi connectivity index (χ1v) is 10.9. The van der Waals surface area contributed by atoms with Crippen molar-refractivity contribution >= 4 is 16.7 Å². The summed E-state index contributed by atoms with van der Waals surface area (Å²) in [6.45, 7) is 4.63. The summed E-state index contributed by atoms with van der Waals surface area (Å²) in [7, 11) is 0. The average Bonchev–Trinajstić information content (AvgIpc) is 3.57. The second kappa shape index (κ2) is 8.72. The van der Waals surface area contributed by atoms with Gasteiger partial charge in [-0.25, -0.2) is 23.1 Å². The van der Waals surface area contributed by atoms with Crippen LogP contribution in [0.3, 0.4) is 0 Å². The number of benzene rings is 1. The van der Waals surface area contributed by atoms with Crippen LogP contribution in [0.5, 0.6) is 5.75 Å². The SMILES string of the molecule is CCOc1c(=O)n(C2(C(F)F)CC2)cc2c(N[C@H](C)c3cccc(C(F)(F)F)c3F)nc(C)nc12. The molecule has 1 aromatic carbocycles. The van der Waals surface area contributed by atoms with E-state index in [-0.39, 0.29) is 53.3 Å². The summed E-state index contributed by atoms with van der Waals surface area (Å²) in [5.41, 5.74) is -4.07. The number of halogens is 6. The molecular weight excluding hydrogens is 478 g/mol. The Morgan fingerprint density at radius 2 is 1.91 bits per heavy atom. The summed E-state index contributed by atoms with van der Waals surface area (Å²) < 4.78 is 88.3. The highest BCUT2D eigenvalue weighted by Crippen LogP contribution is 2.48. The molecule has 0 aliphatic heterocycles. The number of aryl methyl sites for hydroxylation is 1. The van der Waals surface area contributed by atoms with Gasteiger partial charge in [0.1, 0.15) is 28.5 Å². The molecule has 35 heavy (non-hydrogen) atoms. The third-order valence-electron chi connectivity index (χ3n) is 6.03. The maximum Gasteiger partial charge on any atom is 0.419 e. The fourth-order valence-electron chi connectivity index (χ4n) is 4.07. The quantitative estimate of drug-likeness (QED) is 0.429. The lowest BCUT2D eigenvalue weighted by Crippen LogP contribution is -2.36. The van der Waals surface area contributed by atoms with E-state index in [1.807, 2.05) is 0 Å². The zero-order valence-electron chi connectivity index (χ0n) is 19.0. The standard InChI is InChI=1S/C23H22F6N4O2/c1-4-35-18-17-14(10-33(20(18)34)22(8-9-22)21(25)26)19(32-12(3)31-17)30-11(2)13-6-5-7-15(16(13)24)23(27,28)29/h5-7,10-11,21H,4,8-9H2,1-3H3,(H,30,31,32)/t11-/m1/s1. The second-order valence-corrected chi connectivity index (χ2v) is 8.42. The van der Waals surface area contributed by atoms with Crippen molar-refractivity contribution in [3.63, 3.8) is 0 Å². The van der Waals surface area contributed by atoms with E-state index in [1.54, 1.807) is 6.92 Å². The molecule has 188 valence electrons. The largest absolute Gasteiger partial charge is 0.487 e. The van der Waals surface area contributed by atoms with E-state index < -0.39 is 41.1 Å². The zero-order chi connectivity index (χ0) is 25.7.